The molecular formula is C13H15N3O2. The van der Waals surface area contributed by atoms with Crippen LogP contribution in [-0.2, 0) is 0 Å². The van der Waals surface area contributed by atoms with Gasteiger partial charge in [0.25, 0.3) is 11.8 Å². The summed E-state index contributed by atoms with van der Waals surface area (Å²) in [6, 6.07) is 7.11. The molecule has 2 N–H and O–H groups in total. The molecule has 1 aromatic rings. The van der Waals surface area contributed by atoms with E-state index in [1.165, 1.54) is 4.90 Å². The molecule has 5 nitrogen and oxygen atoms in total. The lowest BCUT2D eigenvalue weighted by molar-refractivity contribution is 0.0563. The fourth-order valence-electron chi connectivity index (χ4n) is 2.56. The Kier molecular flexibility index (Phi) is 2.65. The Morgan fingerprint density at radius 3 is 2.28 bits per heavy atom. The highest BCUT2D eigenvalue weighted by Crippen LogP contribution is 2.23. The maximum absolute atomic E-state index is 12.1. The normalized spacial score (nSPS) is 23.8. The number of nitrogens with two attached hydrogens (primary N) is 1. The van der Waals surface area contributed by atoms with Crippen molar-refractivity contribution in [3.05, 3.63) is 35.4 Å². The Bertz CT molecular complexity index is 480. The van der Waals surface area contributed by atoms with Crippen molar-refractivity contribution < 1.29 is 9.59 Å². The third-order valence-electron chi connectivity index (χ3n) is 3.53. The van der Waals surface area contributed by atoms with Crippen LogP contribution in [0.15, 0.2) is 24.3 Å². The summed E-state index contributed by atoms with van der Waals surface area (Å²) in [4.78, 5) is 27.6. The average molecular weight is 245 g/mol. The summed E-state index contributed by atoms with van der Waals surface area (Å²) >= 11 is 0. The molecule has 0 spiro atoms. The Labute approximate surface area is 105 Å². The molecule has 2 heterocycles. The summed E-state index contributed by atoms with van der Waals surface area (Å²) in [5.74, 6) is -0.396. The maximum Gasteiger partial charge on any atom is 0.262 e. The van der Waals surface area contributed by atoms with Crippen molar-refractivity contribution in [2.75, 3.05) is 19.8 Å². The summed E-state index contributed by atoms with van der Waals surface area (Å²) in [5.41, 5.74) is 6.83. The molecule has 0 aliphatic carbocycles. The van der Waals surface area contributed by atoms with Crippen molar-refractivity contribution in [1.29, 1.82) is 0 Å². The second-order valence-corrected chi connectivity index (χ2v) is 4.85. The van der Waals surface area contributed by atoms with E-state index in [1.54, 1.807) is 24.3 Å². The molecule has 2 aliphatic heterocycles. The number of benzene rings is 1. The average Bonchev–Trinajstić information content (AvgIpc) is 2.88. The second-order valence-electron chi connectivity index (χ2n) is 4.85. The van der Waals surface area contributed by atoms with Crippen LogP contribution in [0.25, 0.3) is 0 Å². The molecule has 0 saturated carbocycles. The van der Waals surface area contributed by atoms with Crippen LogP contribution in [0.2, 0.25) is 0 Å². The van der Waals surface area contributed by atoms with Gasteiger partial charge in [-0.1, -0.05) is 12.1 Å². The van der Waals surface area contributed by atoms with Crippen LogP contribution in [0.1, 0.15) is 27.1 Å². The van der Waals surface area contributed by atoms with E-state index in [2.05, 4.69) is 0 Å². The topological polar surface area (TPSA) is 66.6 Å². The first-order valence-corrected chi connectivity index (χ1v) is 6.10. The van der Waals surface area contributed by atoms with Crippen molar-refractivity contribution in [3.8, 4) is 0 Å². The van der Waals surface area contributed by atoms with Gasteiger partial charge < -0.3 is 5.73 Å². The molecule has 18 heavy (non-hydrogen) atoms. The number of hydrogen-bond acceptors (Lipinski definition) is 4. The fourth-order valence-corrected chi connectivity index (χ4v) is 2.56. The SMILES string of the molecule is N[C@@H]1CCN(CN2C(=O)c3ccccc3C2=O)C1. The molecule has 2 aliphatic rings. The number of imide groups is 1. The zero-order valence-electron chi connectivity index (χ0n) is 10.0. The van der Waals surface area contributed by atoms with E-state index >= 15 is 0 Å². The first-order valence-electron chi connectivity index (χ1n) is 6.10. The fraction of sp³-hybridized carbons (Fsp3) is 0.385. The minimum absolute atomic E-state index is 0.153. The number of rotatable bonds is 2. The maximum atomic E-state index is 12.1. The van der Waals surface area contributed by atoms with E-state index < -0.39 is 0 Å². The monoisotopic (exact) mass is 245 g/mol. The zero-order valence-corrected chi connectivity index (χ0v) is 10.0. The van der Waals surface area contributed by atoms with Crippen molar-refractivity contribution in [2.45, 2.75) is 12.5 Å². The molecule has 1 aromatic carbocycles. The highest BCUT2D eigenvalue weighted by atomic mass is 16.2. The van der Waals surface area contributed by atoms with Gasteiger partial charge in [0.1, 0.15) is 0 Å². The lowest BCUT2D eigenvalue weighted by Gasteiger charge is -2.21. The molecule has 5 heteroatoms. The molecule has 1 saturated heterocycles. The number of fused-ring (bicyclic) bond motifs is 1. The van der Waals surface area contributed by atoms with E-state index in [1.807, 2.05) is 4.90 Å². The molecule has 94 valence electrons. The summed E-state index contributed by atoms with van der Waals surface area (Å²) in [7, 11) is 0. The smallest absolute Gasteiger partial charge is 0.262 e. The van der Waals surface area contributed by atoms with Crippen molar-refractivity contribution in [1.82, 2.24) is 9.80 Å². The van der Waals surface area contributed by atoms with Crippen LogP contribution in [0.5, 0.6) is 0 Å². The minimum atomic E-state index is -0.198. The van der Waals surface area contributed by atoms with E-state index in [0.29, 0.717) is 17.8 Å². The highest BCUT2D eigenvalue weighted by molar-refractivity contribution is 6.21. The molecular weight excluding hydrogens is 230 g/mol. The number of carbonyl (C=O) groups is 2. The van der Waals surface area contributed by atoms with Crippen molar-refractivity contribution in [2.24, 2.45) is 5.73 Å². The molecule has 0 radical (unpaired) electrons. The van der Waals surface area contributed by atoms with Crippen LogP contribution < -0.4 is 5.73 Å². The van der Waals surface area contributed by atoms with Crippen LogP contribution in [-0.4, -0.2) is 47.4 Å². The third kappa shape index (κ3) is 1.72. The lowest BCUT2D eigenvalue weighted by atomic mass is 10.1. The Morgan fingerprint density at radius 2 is 1.78 bits per heavy atom. The molecule has 1 fully saturated rings. The number of likely N-dealkylation sites (tertiary alicyclic amines) is 1. The predicted octanol–water partition coefficient (Wildman–Crippen LogP) is 0.273. The first-order chi connectivity index (χ1) is 8.66. The van der Waals surface area contributed by atoms with Gasteiger partial charge in [0.15, 0.2) is 0 Å². The summed E-state index contributed by atoms with van der Waals surface area (Å²) < 4.78 is 0. The molecule has 0 bridgehead atoms. The number of amides is 2. The predicted molar refractivity (Wildman–Crippen MR) is 66.0 cm³/mol. The molecule has 3 rings (SSSR count). The van der Waals surface area contributed by atoms with E-state index in [0.717, 1.165) is 19.5 Å². The Balaban J connectivity index is 1.80. The first kappa shape index (κ1) is 11.4. The van der Waals surface area contributed by atoms with E-state index in [9.17, 15) is 9.59 Å². The van der Waals surface area contributed by atoms with E-state index in [4.69, 9.17) is 5.73 Å². The summed E-state index contributed by atoms with van der Waals surface area (Å²) in [6.45, 7) is 1.93. The van der Waals surface area contributed by atoms with Crippen molar-refractivity contribution in [3.63, 3.8) is 0 Å². The van der Waals surface area contributed by atoms with Gasteiger partial charge >= 0.3 is 0 Å². The van der Waals surface area contributed by atoms with Crippen LogP contribution in [0, 0.1) is 0 Å². The van der Waals surface area contributed by atoms with Gasteiger partial charge in [0.2, 0.25) is 0 Å². The van der Waals surface area contributed by atoms with Gasteiger partial charge in [-0.2, -0.15) is 0 Å². The quantitative estimate of drug-likeness (QED) is 0.760. The third-order valence-corrected chi connectivity index (χ3v) is 3.53. The van der Waals surface area contributed by atoms with Crippen LogP contribution in [0.3, 0.4) is 0 Å². The second kappa shape index (κ2) is 4.19. The van der Waals surface area contributed by atoms with Gasteiger partial charge in [0.05, 0.1) is 17.8 Å². The summed E-state index contributed by atoms with van der Waals surface area (Å²) in [5, 5.41) is 0. The van der Waals surface area contributed by atoms with Gasteiger partial charge in [-0.25, -0.2) is 0 Å². The minimum Gasteiger partial charge on any atom is -0.326 e. The Morgan fingerprint density at radius 1 is 1.17 bits per heavy atom. The molecule has 1 atom stereocenters. The van der Waals surface area contributed by atoms with Crippen LogP contribution in [0.4, 0.5) is 0 Å². The number of nitrogens with zero attached hydrogens (tertiary/aromatic N) is 2. The van der Waals surface area contributed by atoms with Crippen LogP contribution >= 0.6 is 0 Å². The largest absolute Gasteiger partial charge is 0.326 e. The summed E-state index contributed by atoms with van der Waals surface area (Å²) in [6.07, 6.45) is 0.920. The number of carbonyl (C=O) groups excluding carboxylic acids is 2. The van der Waals surface area contributed by atoms with Crippen molar-refractivity contribution >= 4 is 11.8 Å². The standard InChI is InChI=1S/C13H15N3O2/c14-9-5-6-15(7-9)8-16-12(17)10-3-1-2-4-11(10)13(16)18/h1-4,9H,5-8,14H2/t9-/m1/s1. The lowest BCUT2D eigenvalue weighted by Crippen LogP contribution is -2.41. The molecule has 2 amide bonds. The Hall–Kier alpha value is -1.72. The van der Waals surface area contributed by atoms with Gasteiger partial charge in [-0.15, -0.1) is 0 Å². The number of hydrogen-bond donors (Lipinski definition) is 1. The van der Waals surface area contributed by atoms with E-state index in [-0.39, 0.29) is 17.9 Å². The van der Waals surface area contributed by atoms with Gasteiger partial charge in [-0.3, -0.25) is 19.4 Å². The highest BCUT2D eigenvalue weighted by Gasteiger charge is 2.36. The van der Waals surface area contributed by atoms with Gasteiger partial charge in [0, 0.05) is 19.1 Å². The zero-order chi connectivity index (χ0) is 12.7. The molecule has 0 aromatic heterocycles. The van der Waals surface area contributed by atoms with Gasteiger partial charge in [-0.05, 0) is 18.6 Å². The molecule has 0 unspecified atom stereocenters.